The molecule has 0 aromatic heterocycles. The van der Waals surface area contributed by atoms with E-state index in [1.165, 1.54) is 50.4 Å². The number of likely N-dealkylation sites (N-methyl/N-ethyl adjacent to an activating group) is 4. The second kappa shape index (κ2) is 99.1. The molecule has 0 fully saturated rings. The SMILES string of the molecule is CCC(C(=O)O)N(C)NC(=O)C[C@H](N)C[C@@H](O)CN.CCOC(=O)CNC(=O)CCC[C@@H](O)CN.CN(CC(=O)O)C(=O)CCC[C@@H](O)CN.CN(CC(=O)O)NC(=O)CCC[C@@H](O)CN.CN(CC(=O)O)NC(=O)C[C@@H](N)C[C@@H](O)CN.NC[C@H](O)C/C=C/C(=O)NCC(=O)O.NC[C@H](O)CCCC(=O)N(CC(=O)O)CC(=O)O.NC[C@H](O)CCCC(=O)NCC(=O)O.NC[C@H](O)CCCC(=O)NCCC(=O)O. The molecule has 61 nitrogen and oxygen atoms in total. The van der Waals surface area contributed by atoms with Crippen molar-refractivity contribution < 1.29 is 188 Å². The first kappa shape index (κ1) is 150. The van der Waals surface area contributed by atoms with Crippen molar-refractivity contribution in [2.24, 2.45) is 63.1 Å². The lowest BCUT2D eigenvalue weighted by Gasteiger charge is -2.25. The predicted molar refractivity (Wildman–Crippen MR) is 515 cm³/mol. The number of nitrogens with zero attached hydrogens (tertiary/aromatic N) is 5. The standard InChI is InChI=1S/C11H24N4O4.C10H18N2O6.C10H20N2O4.C9H20N4O4.C9H19N3O4.2C9H18N2O4.C8H16N2O4.C8H14N2O4/c1-3-9(11(18)19)15(2)14-10(17)5-7(13)4-8(16)6-12;11-4-7(13)2-1-3-8(14)12(5-9(15)16)6-10(17)18;1-2-16-10(15)7-12-9(14)5-3-4-8(13)6-11;1-13(5-9(16)17)12-8(15)3-6(11)2-7(14)4-10;1-12(6-9(15)16)11-8(14)4-2-3-7(13)5-10;1-11(6-9(14)15)8(13)4-2-3-7(12)5-10;10-6-7(12)2-1-3-8(13)11-5-4-9(14)15;2*9-4-6(11)2-1-3-7(12)10-5-8(13)14/h7-9,16H,3-6,12-13H2,1-2H3,(H,14,17)(H,18,19);7,13H,1-6,11H2,(H,15,16)(H,17,18);8,13H,2-7,11H2,1H3,(H,12,14);6-7,14H,2-5,10-11H2,1H3,(H,12,15)(H,16,17);7,13H,2-6,10H2,1H3,(H,11,14)(H,15,16);7,12H,2-6,10H2,1H3,(H,14,15);7,12H,1-6,10H2,(H,11,13)(H,14,15);6,11H,1-5,9H2,(H,10,12)(H,13,14);1,3,6,11H,2,4-5,9H2,(H,10,12)(H,13,14)/b;;;;;;;;3-1+/t7-,8-,9?;7-;8-;6-,7+;3*7-;2*6-/m111011111/s1. The zero-order valence-corrected chi connectivity index (χ0v) is 83.0. The van der Waals surface area contributed by atoms with Gasteiger partial charge in [0, 0.05) is 157 Å². The van der Waals surface area contributed by atoms with Gasteiger partial charge in [-0.3, -0.25) is 107 Å². The molecule has 144 heavy (non-hydrogen) atoms. The minimum Gasteiger partial charge on any atom is -0.481 e. The molecule has 0 bridgehead atoms. The van der Waals surface area contributed by atoms with E-state index in [1.807, 2.05) is 0 Å². The third-order valence-corrected chi connectivity index (χ3v) is 17.7. The number of aliphatic carboxylic acids is 9. The number of carboxylic acids is 9. The van der Waals surface area contributed by atoms with Crippen LogP contribution in [0.15, 0.2) is 12.2 Å². The zero-order chi connectivity index (χ0) is 113. The molecule has 0 heterocycles. The van der Waals surface area contributed by atoms with Crippen molar-refractivity contribution in [3.05, 3.63) is 12.2 Å². The van der Waals surface area contributed by atoms with E-state index in [4.69, 9.17) is 145 Å². The van der Waals surface area contributed by atoms with Gasteiger partial charge in [0.05, 0.1) is 68.0 Å². The van der Waals surface area contributed by atoms with Gasteiger partial charge in [-0.05, 0) is 116 Å². The number of amides is 9. The van der Waals surface area contributed by atoms with E-state index >= 15 is 0 Å². The number of carbonyl (C=O) groups is 19. The fourth-order valence-electron chi connectivity index (χ4n) is 10.1. The Balaban J connectivity index is -0.000000204. The molecule has 0 saturated carbocycles. The van der Waals surface area contributed by atoms with E-state index in [1.54, 1.807) is 13.8 Å². The van der Waals surface area contributed by atoms with Gasteiger partial charge in [0.2, 0.25) is 53.2 Å². The highest BCUT2D eigenvalue weighted by Crippen LogP contribution is 2.09. The van der Waals surface area contributed by atoms with Crippen LogP contribution in [0.3, 0.4) is 0 Å². The van der Waals surface area contributed by atoms with Crippen LogP contribution < -0.4 is 101 Å². The van der Waals surface area contributed by atoms with Gasteiger partial charge < -0.3 is 191 Å². The number of aliphatic hydroxyl groups excluding tert-OH is 9. The van der Waals surface area contributed by atoms with Crippen LogP contribution in [0.25, 0.3) is 0 Å². The van der Waals surface area contributed by atoms with E-state index in [0.717, 1.165) is 14.8 Å². The molecule has 0 aromatic rings. The summed E-state index contributed by atoms with van der Waals surface area (Å²) < 4.78 is 4.64. The number of aliphatic hydroxyl groups is 9. The second-order valence-electron chi connectivity index (χ2n) is 31.4. The van der Waals surface area contributed by atoms with Gasteiger partial charge in [0.1, 0.15) is 58.4 Å². The Hall–Kier alpha value is -11.2. The number of carboxylic acid groups (broad SMARTS) is 9. The number of hydrazine groups is 3. The second-order valence-corrected chi connectivity index (χ2v) is 31.4. The molecule has 47 N–H and O–H groups in total. The molecule has 12 atom stereocenters. The van der Waals surface area contributed by atoms with Crippen molar-refractivity contribution in [2.75, 3.05) is 153 Å². The number of hydrogen-bond donors (Lipinski definition) is 36. The summed E-state index contributed by atoms with van der Waals surface area (Å²) in [5, 5.41) is 171. The highest BCUT2D eigenvalue weighted by molar-refractivity contribution is 5.90. The number of esters is 1. The number of hydrogen-bond acceptors (Lipinski definition) is 43. The van der Waals surface area contributed by atoms with Crippen molar-refractivity contribution in [1.29, 1.82) is 0 Å². The number of nitrogens with one attached hydrogen (secondary N) is 7. The molecule has 0 aliphatic carbocycles. The Labute approximate surface area is 835 Å². The van der Waals surface area contributed by atoms with Crippen LogP contribution in [0.2, 0.25) is 0 Å². The van der Waals surface area contributed by atoms with Crippen molar-refractivity contribution in [2.45, 2.75) is 247 Å². The Kier molecular flexibility index (Phi) is 104. The van der Waals surface area contributed by atoms with Gasteiger partial charge in [0.15, 0.2) is 0 Å². The summed E-state index contributed by atoms with van der Waals surface area (Å²) in [7, 11) is 5.84. The lowest BCUT2D eigenvalue weighted by atomic mass is 10.1. The molecule has 0 rings (SSSR count). The van der Waals surface area contributed by atoms with Gasteiger partial charge in [0.25, 0.3) is 0 Å². The highest BCUT2D eigenvalue weighted by Gasteiger charge is 2.25. The first-order valence-electron chi connectivity index (χ1n) is 45.6. The van der Waals surface area contributed by atoms with Crippen molar-refractivity contribution >= 4 is 113 Å². The fraction of sp³-hybridized carbons (Fsp3) is 0.747. The largest absolute Gasteiger partial charge is 0.481 e. The molecule has 9 amide bonds. The Bertz CT molecular complexity index is 3560. The molecule has 61 heteroatoms. The molecule has 0 aliphatic heterocycles. The van der Waals surface area contributed by atoms with Crippen LogP contribution in [0.4, 0.5) is 0 Å². The normalized spacial score (nSPS) is 13.0. The first-order valence-corrected chi connectivity index (χ1v) is 45.6. The lowest BCUT2D eigenvalue weighted by Crippen LogP contribution is -2.50. The fourth-order valence-corrected chi connectivity index (χ4v) is 10.1. The van der Waals surface area contributed by atoms with Gasteiger partial charge in [-0.25, -0.2) is 15.0 Å². The van der Waals surface area contributed by atoms with Gasteiger partial charge >= 0.3 is 59.7 Å². The minimum absolute atomic E-state index is 0.00101. The number of rotatable bonds is 70. The van der Waals surface area contributed by atoms with Crippen molar-refractivity contribution in [3.63, 3.8) is 0 Å². The Morgan fingerprint density at radius 3 is 0.965 bits per heavy atom. The summed E-state index contributed by atoms with van der Waals surface area (Å²) in [5.41, 5.74) is 65.2. The highest BCUT2D eigenvalue weighted by atomic mass is 16.5. The molecule has 0 radical (unpaired) electrons. The van der Waals surface area contributed by atoms with E-state index in [9.17, 15) is 101 Å². The molecule has 0 spiro atoms. The van der Waals surface area contributed by atoms with Crippen LogP contribution in [0.1, 0.15) is 174 Å². The van der Waals surface area contributed by atoms with E-state index in [2.05, 4.69) is 42.3 Å². The third kappa shape index (κ3) is 114. The number of ether oxygens (including phenoxy) is 1. The zero-order valence-electron chi connectivity index (χ0n) is 83.0. The Morgan fingerprint density at radius 2 is 0.646 bits per heavy atom. The molecular formula is C83H167N23O38. The smallest absolute Gasteiger partial charge is 0.325 e. The lowest BCUT2D eigenvalue weighted by molar-refractivity contribution is -0.149. The number of carbonyl (C=O) groups excluding carboxylic acids is 10. The van der Waals surface area contributed by atoms with Crippen LogP contribution >= 0.6 is 0 Å². The van der Waals surface area contributed by atoms with Crippen molar-refractivity contribution in [1.82, 2.24) is 62.4 Å². The summed E-state index contributed by atoms with van der Waals surface area (Å²) >= 11 is 0. The maximum absolute atomic E-state index is 11.6. The summed E-state index contributed by atoms with van der Waals surface area (Å²) in [4.78, 5) is 207. The topological polar surface area (TPSA) is 1080 Å². The van der Waals surface area contributed by atoms with Crippen LogP contribution in [-0.2, 0) is 95.8 Å². The molecular weight excluding hydrogens is 1930 g/mol. The van der Waals surface area contributed by atoms with Crippen LogP contribution in [0.5, 0.6) is 0 Å². The molecule has 1 unspecified atom stereocenters. The Morgan fingerprint density at radius 1 is 0.333 bits per heavy atom. The minimum atomic E-state index is -1.27. The van der Waals surface area contributed by atoms with Crippen LogP contribution in [-0.4, -0.2) is 455 Å². The maximum Gasteiger partial charge on any atom is 0.325 e. The number of nitrogens with two attached hydrogens (primary N) is 11. The first-order chi connectivity index (χ1) is 67.2. The van der Waals surface area contributed by atoms with E-state index < -0.39 is 170 Å². The van der Waals surface area contributed by atoms with E-state index in [0.29, 0.717) is 90.1 Å². The van der Waals surface area contributed by atoms with Gasteiger partial charge in [-0.1, -0.05) is 13.0 Å². The quantitative estimate of drug-likeness (QED) is 0.0153. The van der Waals surface area contributed by atoms with Gasteiger partial charge in [-0.2, -0.15) is 0 Å². The van der Waals surface area contributed by atoms with Crippen LogP contribution in [0, 0.1) is 0 Å². The molecule has 842 valence electrons. The average Bonchev–Trinajstić information content (AvgIpc) is 0.870. The summed E-state index contributed by atoms with van der Waals surface area (Å²) in [5.74, 6) is -13.3. The van der Waals surface area contributed by atoms with Crippen molar-refractivity contribution in [3.8, 4) is 0 Å². The molecule has 0 saturated heterocycles. The predicted octanol–water partition coefficient (Wildman–Crippen LogP) is -12.9. The van der Waals surface area contributed by atoms with E-state index in [-0.39, 0.29) is 211 Å². The monoisotopic (exact) mass is 2090 g/mol. The summed E-state index contributed by atoms with van der Waals surface area (Å²) in [6.45, 7) is 2.17. The maximum atomic E-state index is 11.6. The summed E-state index contributed by atoms with van der Waals surface area (Å²) in [6.07, 6.45) is 4.81. The molecule has 0 aliphatic rings. The average molecular weight is 2100 g/mol. The third-order valence-electron chi connectivity index (χ3n) is 17.7. The van der Waals surface area contributed by atoms with Gasteiger partial charge in [-0.15, -0.1) is 0 Å². The molecule has 0 aromatic carbocycles. The summed E-state index contributed by atoms with van der Waals surface area (Å²) in [6, 6.07) is -1.81.